The van der Waals surface area contributed by atoms with Gasteiger partial charge in [-0.15, -0.1) is 11.3 Å². The van der Waals surface area contributed by atoms with Gasteiger partial charge in [0.1, 0.15) is 11.4 Å². The van der Waals surface area contributed by atoms with E-state index in [1.165, 1.54) is 11.3 Å². The van der Waals surface area contributed by atoms with Gasteiger partial charge in [0.05, 0.1) is 24.1 Å². The predicted molar refractivity (Wildman–Crippen MR) is 136 cm³/mol. The summed E-state index contributed by atoms with van der Waals surface area (Å²) in [4.78, 5) is 30.7. The van der Waals surface area contributed by atoms with E-state index in [2.05, 4.69) is 0 Å². The van der Waals surface area contributed by atoms with Gasteiger partial charge in [-0.1, -0.05) is 36.4 Å². The highest BCUT2D eigenvalue weighted by molar-refractivity contribution is 7.12. The van der Waals surface area contributed by atoms with Gasteiger partial charge >= 0.3 is 0 Å². The quantitative estimate of drug-likeness (QED) is 0.408. The number of aromatic nitrogens is 2. The third-order valence-electron chi connectivity index (χ3n) is 6.13. The maximum absolute atomic E-state index is 13.6. The van der Waals surface area contributed by atoms with Crippen molar-refractivity contribution in [1.82, 2.24) is 19.6 Å². The van der Waals surface area contributed by atoms with Crippen LogP contribution in [0.1, 0.15) is 25.6 Å². The number of ether oxygens (including phenoxy) is 1. The summed E-state index contributed by atoms with van der Waals surface area (Å²) in [6.45, 7) is 2.57. The number of nitrogens with zero attached hydrogens (tertiary/aromatic N) is 4. The first-order valence-electron chi connectivity index (χ1n) is 11.5. The van der Waals surface area contributed by atoms with Gasteiger partial charge in [0.15, 0.2) is 0 Å². The first kappa shape index (κ1) is 22.9. The minimum Gasteiger partial charge on any atom is -0.497 e. The number of amides is 2. The van der Waals surface area contributed by atoms with E-state index in [0.29, 0.717) is 44.0 Å². The van der Waals surface area contributed by atoms with E-state index in [0.717, 1.165) is 21.8 Å². The SMILES string of the molecule is COc1ccc(-c2nn(Cc3ccccc3)cc2C(=O)N2CCN(C(=O)c3cccs3)CC2)cc1. The lowest BCUT2D eigenvalue weighted by molar-refractivity contribution is 0.0538. The minimum atomic E-state index is -0.0710. The first-order valence-corrected chi connectivity index (χ1v) is 12.4. The topological polar surface area (TPSA) is 67.7 Å². The summed E-state index contributed by atoms with van der Waals surface area (Å²) in [5.74, 6) is 0.705. The Kier molecular flexibility index (Phi) is 6.63. The van der Waals surface area contributed by atoms with Gasteiger partial charge in [-0.3, -0.25) is 14.3 Å². The molecule has 1 fully saturated rings. The van der Waals surface area contributed by atoms with Crippen molar-refractivity contribution in [3.05, 3.63) is 94.3 Å². The third-order valence-corrected chi connectivity index (χ3v) is 6.99. The molecule has 0 saturated carbocycles. The van der Waals surface area contributed by atoms with Crippen LogP contribution in [-0.4, -0.2) is 64.7 Å². The molecular formula is C27H26N4O3S. The zero-order valence-electron chi connectivity index (χ0n) is 19.5. The van der Waals surface area contributed by atoms with Gasteiger partial charge in [0.2, 0.25) is 0 Å². The van der Waals surface area contributed by atoms with E-state index in [-0.39, 0.29) is 11.8 Å². The molecule has 7 nitrogen and oxygen atoms in total. The lowest BCUT2D eigenvalue weighted by Gasteiger charge is -2.34. The predicted octanol–water partition coefficient (Wildman–Crippen LogP) is 4.27. The summed E-state index contributed by atoms with van der Waals surface area (Å²) in [6, 6.07) is 21.3. The van der Waals surface area contributed by atoms with Gasteiger partial charge < -0.3 is 14.5 Å². The largest absolute Gasteiger partial charge is 0.497 e. The molecule has 0 unspecified atom stereocenters. The van der Waals surface area contributed by atoms with Gasteiger partial charge in [0.25, 0.3) is 11.8 Å². The van der Waals surface area contributed by atoms with E-state index in [1.807, 2.05) is 92.8 Å². The Labute approximate surface area is 208 Å². The number of piperazine rings is 1. The van der Waals surface area contributed by atoms with Crippen LogP contribution in [0.5, 0.6) is 5.75 Å². The molecule has 178 valence electrons. The average Bonchev–Trinajstić information content (AvgIpc) is 3.59. The first-order chi connectivity index (χ1) is 17.1. The van der Waals surface area contributed by atoms with E-state index in [9.17, 15) is 9.59 Å². The monoisotopic (exact) mass is 486 g/mol. The number of benzene rings is 2. The molecule has 1 aliphatic rings. The van der Waals surface area contributed by atoms with Crippen LogP contribution in [-0.2, 0) is 6.54 Å². The smallest absolute Gasteiger partial charge is 0.264 e. The highest BCUT2D eigenvalue weighted by Gasteiger charge is 2.28. The van der Waals surface area contributed by atoms with Crippen LogP contribution < -0.4 is 4.74 Å². The molecule has 0 N–H and O–H groups in total. The fourth-order valence-corrected chi connectivity index (χ4v) is 4.92. The Morgan fingerprint density at radius 1 is 0.886 bits per heavy atom. The van der Waals surface area contributed by atoms with E-state index in [4.69, 9.17) is 9.84 Å². The summed E-state index contributed by atoms with van der Waals surface area (Å²) < 4.78 is 7.10. The number of methoxy groups -OCH3 is 1. The molecule has 4 aromatic rings. The molecule has 0 atom stereocenters. The summed E-state index contributed by atoms with van der Waals surface area (Å²) in [6.07, 6.45) is 1.83. The summed E-state index contributed by atoms with van der Waals surface area (Å²) >= 11 is 1.44. The molecular weight excluding hydrogens is 460 g/mol. The lowest BCUT2D eigenvalue weighted by atomic mass is 10.1. The van der Waals surface area contributed by atoms with Crippen LogP contribution in [0.3, 0.4) is 0 Å². The van der Waals surface area contributed by atoms with Crippen molar-refractivity contribution >= 4 is 23.2 Å². The zero-order chi connectivity index (χ0) is 24.2. The molecule has 2 aromatic heterocycles. The van der Waals surface area contributed by atoms with E-state index < -0.39 is 0 Å². The number of hydrogen-bond donors (Lipinski definition) is 0. The fraction of sp³-hybridized carbons (Fsp3) is 0.222. The average molecular weight is 487 g/mol. The number of carbonyl (C=O) groups excluding carboxylic acids is 2. The Hall–Kier alpha value is -3.91. The van der Waals surface area contributed by atoms with Crippen molar-refractivity contribution in [2.75, 3.05) is 33.3 Å². The molecule has 1 saturated heterocycles. The van der Waals surface area contributed by atoms with Crippen molar-refractivity contribution in [2.24, 2.45) is 0 Å². The van der Waals surface area contributed by atoms with Gasteiger partial charge in [-0.05, 0) is 41.3 Å². The van der Waals surface area contributed by atoms with Crippen LogP contribution in [0.25, 0.3) is 11.3 Å². The molecule has 0 aliphatic carbocycles. The summed E-state index contributed by atoms with van der Waals surface area (Å²) in [5, 5.41) is 6.69. The normalized spacial score (nSPS) is 13.6. The van der Waals surface area contributed by atoms with Crippen molar-refractivity contribution in [1.29, 1.82) is 0 Å². The van der Waals surface area contributed by atoms with Crippen LogP contribution in [0, 0.1) is 0 Å². The number of carbonyl (C=O) groups is 2. The Morgan fingerprint density at radius 2 is 1.57 bits per heavy atom. The summed E-state index contributed by atoms with van der Waals surface area (Å²) in [5.41, 5.74) is 3.17. The van der Waals surface area contributed by atoms with Crippen molar-refractivity contribution in [3.8, 4) is 17.0 Å². The fourth-order valence-electron chi connectivity index (χ4n) is 4.23. The second-order valence-electron chi connectivity index (χ2n) is 8.36. The van der Waals surface area contributed by atoms with Crippen molar-refractivity contribution in [2.45, 2.75) is 6.54 Å². The lowest BCUT2D eigenvalue weighted by Crippen LogP contribution is -2.50. The summed E-state index contributed by atoms with van der Waals surface area (Å²) in [7, 11) is 1.63. The van der Waals surface area contributed by atoms with Gasteiger partial charge in [0, 0.05) is 37.9 Å². The van der Waals surface area contributed by atoms with Gasteiger partial charge in [-0.25, -0.2) is 0 Å². The molecule has 1 aliphatic heterocycles. The zero-order valence-corrected chi connectivity index (χ0v) is 20.3. The highest BCUT2D eigenvalue weighted by atomic mass is 32.1. The van der Waals surface area contributed by atoms with Crippen molar-refractivity contribution in [3.63, 3.8) is 0 Å². The molecule has 35 heavy (non-hydrogen) atoms. The van der Waals surface area contributed by atoms with Crippen molar-refractivity contribution < 1.29 is 14.3 Å². The molecule has 5 rings (SSSR count). The van der Waals surface area contributed by atoms with Crippen LogP contribution in [0.4, 0.5) is 0 Å². The molecule has 3 heterocycles. The van der Waals surface area contributed by atoms with Crippen LogP contribution in [0.15, 0.2) is 78.3 Å². The minimum absolute atomic E-state index is 0.0294. The second kappa shape index (κ2) is 10.1. The Morgan fingerprint density at radius 3 is 2.20 bits per heavy atom. The highest BCUT2D eigenvalue weighted by Crippen LogP contribution is 2.26. The number of hydrogen-bond acceptors (Lipinski definition) is 5. The Bertz CT molecular complexity index is 1290. The maximum atomic E-state index is 13.6. The Balaban J connectivity index is 1.38. The molecule has 2 aromatic carbocycles. The molecule has 0 spiro atoms. The van der Waals surface area contributed by atoms with Crippen LogP contribution in [0.2, 0.25) is 0 Å². The molecule has 8 heteroatoms. The standard InChI is InChI=1S/C27H26N4O3S/c1-34-22-11-9-21(10-12-22)25-23(19-31(28-25)18-20-6-3-2-4-7-20)26(32)29-13-15-30(16-14-29)27(33)24-8-5-17-35-24/h2-12,17,19H,13-16,18H2,1H3. The number of thiophene rings is 1. The van der Waals surface area contributed by atoms with E-state index >= 15 is 0 Å². The third kappa shape index (κ3) is 4.97. The maximum Gasteiger partial charge on any atom is 0.264 e. The van der Waals surface area contributed by atoms with Crippen LogP contribution >= 0.6 is 11.3 Å². The molecule has 0 radical (unpaired) electrons. The van der Waals surface area contributed by atoms with Gasteiger partial charge in [-0.2, -0.15) is 5.10 Å². The second-order valence-corrected chi connectivity index (χ2v) is 9.31. The molecule has 2 amide bonds. The number of rotatable bonds is 6. The van der Waals surface area contributed by atoms with E-state index in [1.54, 1.807) is 7.11 Å². The molecule has 0 bridgehead atoms.